The van der Waals surface area contributed by atoms with Crippen LogP contribution >= 0.6 is 73.5 Å². The molecule has 0 aliphatic heterocycles. The number of benzene rings is 9. The minimum Gasteiger partial charge on any atom is -0.507 e. The number of nitrogens with zero attached hydrogens (tertiary/aromatic N) is 1. The van der Waals surface area contributed by atoms with Crippen LogP contribution in [0.4, 0.5) is 14.5 Å². The number of carbonyl (C=O) groups excluding carboxylic acids is 6. The number of phenolic OH excluding ortho intramolecular Hbond substituents is 1. The topological polar surface area (TPSA) is 176 Å². The summed E-state index contributed by atoms with van der Waals surface area (Å²) in [5.41, 5.74) is 8.56. The SMILES string of the molecule is CC(C)C(=O)CSc1ccccc1.CC(C)C(=O)c1cc(Br)c[nH]1.CC(C)C(=O)c1ccc(-c2ccc(F)cc2F)cc1O.CC(C)C(=O)c1ccc(-c2ccccc2)cc1.CC(C)C(=O)c1ccccc1I.CC(C)S(=O)(=O)c1cccc2c(N(C)C)cccc12.CC(Cl)Cl.CCCc1ccc(C(=O)C(C)C)cc1. The number of aromatic hydroxyl groups is 1. The Morgan fingerprint density at radius 2 is 0.991 bits per heavy atom. The van der Waals surface area contributed by atoms with Gasteiger partial charge in [0.15, 0.2) is 38.8 Å². The van der Waals surface area contributed by atoms with E-state index in [2.05, 4.69) is 74.7 Å². The number of fused-ring (bicyclic) bond motifs is 1. The van der Waals surface area contributed by atoms with E-state index in [1.54, 1.807) is 64.7 Å². The van der Waals surface area contributed by atoms with Crippen LogP contribution in [-0.2, 0) is 21.1 Å². The van der Waals surface area contributed by atoms with Crippen molar-refractivity contribution in [1.82, 2.24) is 4.98 Å². The average molecular weight is 1750 g/mol. The van der Waals surface area contributed by atoms with E-state index >= 15 is 0 Å². The van der Waals surface area contributed by atoms with Gasteiger partial charge < -0.3 is 15.0 Å². The first-order valence-electron chi connectivity index (χ1n) is 36.5. The third-order valence-electron chi connectivity index (χ3n) is 16.3. The number of hydrogen-bond donors (Lipinski definition) is 2. The van der Waals surface area contributed by atoms with Gasteiger partial charge >= 0.3 is 0 Å². The van der Waals surface area contributed by atoms with Gasteiger partial charge in [0, 0.05) is 114 Å². The molecule has 0 aliphatic carbocycles. The van der Waals surface area contributed by atoms with Gasteiger partial charge in [0.2, 0.25) is 0 Å². The summed E-state index contributed by atoms with van der Waals surface area (Å²) in [6.07, 6.45) is 4.00. The standard InChI is InChI=1S/C16H14F2O2.C16H16O.C15H19NO2S.C13H18O.C11H14OS.C10H11IO.C8H10BrNO.C2H4Cl2/c1-9(2)16(20)13-5-3-10(7-15(13)19)12-6-4-11(17)8-14(12)18;1-12(2)16(17)15-10-8-14(9-11-15)13-6-4-3-5-7-13;1-11(2)19(17,18)15-10-6-7-12-13(15)8-5-9-14(12)16(3)4;1-4-5-11-6-8-12(9-7-11)13(14)10(2)3;1-9(2)11(12)8-13-10-6-4-3-5-7-10;1-7(2)10(12)8-5-3-4-6-9(8)11;1-5(2)8(11)7-3-6(9)4-10-7;1-2(3)4/h3-9,19H,1-2H3;3-12H,1-2H3;5-11H,1-4H3;6-10H,4-5H2,1-3H3;3-7,9H,8H2,1-2H3;3-7H,1-2H3;3-5,10H,1-2H3;2H,1H3. The number of Topliss-reactive ketones (excluding diaryl/α,β-unsaturated/α-hetero) is 6. The molecule has 110 heavy (non-hydrogen) atoms. The Kier molecular flexibility index (Phi) is 42.7. The molecule has 588 valence electrons. The van der Waals surface area contributed by atoms with Gasteiger partial charge in [-0.25, -0.2) is 17.2 Å². The summed E-state index contributed by atoms with van der Waals surface area (Å²) in [5, 5.41) is 11.2. The van der Waals surface area contributed by atoms with Crippen LogP contribution in [0, 0.1) is 50.7 Å². The van der Waals surface area contributed by atoms with Crippen LogP contribution in [0.25, 0.3) is 33.0 Å². The third kappa shape index (κ3) is 32.4. The highest BCUT2D eigenvalue weighted by Crippen LogP contribution is 2.33. The molecule has 1 heterocycles. The maximum Gasteiger partial charge on any atom is 0.181 e. The lowest BCUT2D eigenvalue weighted by atomic mass is 9.96. The van der Waals surface area contributed by atoms with Gasteiger partial charge in [-0.15, -0.1) is 35.0 Å². The second kappa shape index (κ2) is 48.8. The summed E-state index contributed by atoms with van der Waals surface area (Å²) in [6.45, 7) is 30.0. The molecule has 0 atom stereocenters. The molecule has 0 saturated carbocycles. The molecule has 1 aromatic heterocycles. The molecule has 0 saturated heterocycles. The first-order valence-corrected chi connectivity index (χ1v) is 41.8. The van der Waals surface area contributed by atoms with Crippen molar-refractivity contribution < 1.29 is 51.1 Å². The van der Waals surface area contributed by atoms with E-state index in [4.69, 9.17) is 23.2 Å². The fourth-order valence-corrected chi connectivity index (χ4v) is 13.2. The van der Waals surface area contributed by atoms with E-state index in [1.807, 2.05) is 228 Å². The molecule has 0 bridgehead atoms. The summed E-state index contributed by atoms with van der Waals surface area (Å²) in [5.74, 6) is 0.119. The monoisotopic (exact) mass is 1750 g/mol. The lowest BCUT2D eigenvalue weighted by Gasteiger charge is -2.17. The van der Waals surface area contributed by atoms with E-state index in [1.165, 1.54) is 35.4 Å². The van der Waals surface area contributed by atoms with Crippen molar-refractivity contribution in [3.8, 4) is 28.0 Å². The van der Waals surface area contributed by atoms with Crippen molar-refractivity contribution in [1.29, 1.82) is 0 Å². The Bertz CT molecular complexity index is 4660. The van der Waals surface area contributed by atoms with Crippen molar-refractivity contribution in [2.45, 2.75) is 143 Å². The van der Waals surface area contributed by atoms with E-state index in [9.17, 15) is 51.1 Å². The maximum absolute atomic E-state index is 13.7. The van der Waals surface area contributed by atoms with Crippen LogP contribution in [0.15, 0.2) is 233 Å². The zero-order chi connectivity index (χ0) is 82.7. The fraction of sp³-hybridized carbons (Fsp3) is 0.319. The Morgan fingerprint density at radius 1 is 0.518 bits per heavy atom. The summed E-state index contributed by atoms with van der Waals surface area (Å²) in [6, 6.07) is 64.2. The van der Waals surface area contributed by atoms with E-state index < -0.39 is 26.7 Å². The first kappa shape index (κ1) is 96.3. The number of sulfone groups is 1. The lowest BCUT2D eigenvalue weighted by Crippen LogP contribution is -2.15. The third-order valence-corrected chi connectivity index (χ3v) is 20.9. The Morgan fingerprint density at radius 3 is 1.45 bits per heavy atom. The van der Waals surface area contributed by atoms with Crippen LogP contribution in [0.1, 0.15) is 175 Å². The number of thioether (sulfide) groups is 1. The van der Waals surface area contributed by atoms with Gasteiger partial charge in [0.25, 0.3) is 0 Å². The van der Waals surface area contributed by atoms with Crippen LogP contribution in [0.3, 0.4) is 0 Å². The highest BCUT2D eigenvalue weighted by molar-refractivity contribution is 14.1. The van der Waals surface area contributed by atoms with Crippen LogP contribution < -0.4 is 4.90 Å². The predicted octanol–water partition coefficient (Wildman–Crippen LogP) is 25.5. The minimum absolute atomic E-state index is 0.0533. The Hall–Kier alpha value is -7.91. The number of hydrogen-bond acceptors (Lipinski definition) is 11. The van der Waals surface area contributed by atoms with Crippen LogP contribution in [-0.4, -0.2) is 83.1 Å². The van der Waals surface area contributed by atoms with Crippen molar-refractivity contribution in [3.63, 3.8) is 0 Å². The number of H-pyrrole nitrogens is 1. The van der Waals surface area contributed by atoms with Crippen LogP contribution in [0.5, 0.6) is 5.75 Å². The van der Waals surface area contributed by atoms with Gasteiger partial charge in [-0.05, 0) is 149 Å². The zero-order valence-electron chi connectivity index (χ0n) is 66.3. The molecule has 0 fully saturated rings. The Balaban J connectivity index is 0.000000333. The average Bonchev–Trinajstić information content (AvgIpc) is 0.809. The zero-order valence-corrected chi connectivity index (χ0v) is 73.2. The number of nitrogens with one attached hydrogen (secondary N) is 1. The second-order valence-electron chi connectivity index (χ2n) is 27.9. The predicted molar refractivity (Wildman–Crippen MR) is 468 cm³/mol. The normalized spacial score (nSPS) is 10.8. The number of rotatable bonds is 21. The summed E-state index contributed by atoms with van der Waals surface area (Å²) >= 11 is 17.1. The number of aryl methyl sites for hydroxylation is 1. The van der Waals surface area contributed by atoms with Gasteiger partial charge in [-0.1, -0.05) is 242 Å². The van der Waals surface area contributed by atoms with Gasteiger partial charge in [-0.3, -0.25) is 28.8 Å². The molecule has 19 heteroatoms. The molecule has 0 aliphatic rings. The molecule has 10 rings (SSSR count). The Labute approximate surface area is 688 Å². The number of alkyl halides is 2. The quantitative estimate of drug-likeness (QED) is 0.0303. The number of carbonyl (C=O) groups is 6. The number of halogens is 6. The summed E-state index contributed by atoms with van der Waals surface area (Å²) in [4.78, 5) is 75.7. The van der Waals surface area contributed by atoms with Gasteiger partial charge in [0.1, 0.15) is 28.0 Å². The van der Waals surface area contributed by atoms with E-state index in [0.29, 0.717) is 27.7 Å². The molecule has 0 radical (unpaired) electrons. The van der Waals surface area contributed by atoms with Crippen molar-refractivity contribution in [2.75, 3.05) is 24.7 Å². The lowest BCUT2D eigenvalue weighted by molar-refractivity contribution is -0.119. The molecule has 9 aromatic carbocycles. The molecule has 2 N–H and O–H groups in total. The van der Waals surface area contributed by atoms with Crippen molar-refractivity contribution in [2.24, 2.45) is 35.5 Å². The number of aromatic nitrogens is 1. The summed E-state index contributed by atoms with van der Waals surface area (Å²) in [7, 11) is 0.649. The molecule has 10 aromatic rings. The van der Waals surface area contributed by atoms with E-state index in [-0.39, 0.29) is 86.1 Å². The van der Waals surface area contributed by atoms with Crippen molar-refractivity contribution >= 4 is 134 Å². The second-order valence-corrected chi connectivity index (χ2v) is 35.0. The van der Waals surface area contributed by atoms with Gasteiger partial charge in [-0.2, -0.15) is 0 Å². The first-order chi connectivity index (χ1) is 51.7. The number of anilines is 1. The molecule has 0 unspecified atom stereocenters. The van der Waals surface area contributed by atoms with Crippen molar-refractivity contribution in [3.05, 3.63) is 272 Å². The highest BCUT2D eigenvalue weighted by atomic mass is 127. The number of phenols is 1. The fourth-order valence-electron chi connectivity index (χ4n) is 9.98. The maximum atomic E-state index is 13.7. The van der Waals surface area contributed by atoms with Gasteiger partial charge in [0.05, 0.1) is 27.2 Å². The molecule has 0 spiro atoms. The number of aromatic amines is 1. The highest BCUT2D eigenvalue weighted by Gasteiger charge is 2.23. The molecule has 11 nitrogen and oxygen atoms in total. The molecular weight excluding hydrogens is 1640 g/mol. The minimum atomic E-state index is -3.26. The van der Waals surface area contributed by atoms with Crippen LogP contribution in [0.2, 0.25) is 0 Å². The molecular formula is C91H106BrCl2F2IN2O9S2. The largest absolute Gasteiger partial charge is 0.507 e. The molecule has 0 amide bonds. The smallest absolute Gasteiger partial charge is 0.181 e. The van der Waals surface area contributed by atoms with E-state index in [0.717, 1.165) is 76.6 Å². The number of ketones is 6. The summed E-state index contributed by atoms with van der Waals surface area (Å²) < 4.78 is 53.3.